The largest absolute Gasteiger partial charge is 0.313 e. The van der Waals surface area contributed by atoms with E-state index in [-0.39, 0.29) is 6.54 Å². The molecule has 0 aliphatic heterocycles. The van der Waals surface area contributed by atoms with Crippen LogP contribution < -0.4 is 10.0 Å². The predicted octanol–water partition coefficient (Wildman–Crippen LogP) is 2.18. The van der Waals surface area contributed by atoms with Gasteiger partial charge in [-0.3, -0.25) is 0 Å². The van der Waals surface area contributed by atoms with Crippen LogP contribution in [0.15, 0.2) is 27.2 Å². The third-order valence-electron chi connectivity index (χ3n) is 2.55. The third-order valence-corrected chi connectivity index (χ3v) is 6.22. The number of nitrogens with one attached hydrogen (secondary N) is 2. The summed E-state index contributed by atoms with van der Waals surface area (Å²) in [6, 6.07) is 1.72. The van der Waals surface area contributed by atoms with E-state index >= 15 is 0 Å². The highest BCUT2D eigenvalue weighted by Gasteiger charge is 2.16. The summed E-state index contributed by atoms with van der Waals surface area (Å²) in [7, 11) is -3.44. The van der Waals surface area contributed by atoms with Crippen LogP contribution in [-0.2, 0) is 23.1 Å². The van der Waals surface area contributed by atoms with E-state index in [1.54, 1.807) is 12.3 Å². The number of nitrogens with zero attached hydrogens (tertiary/aromatic N) is 1. The fourth-order valence-electron chi connectivity index (χ4n) is 1.56. The summed E-state index contributed by atoms with van der Waals surface area (Å²) < 4.78 is 27.2. The van der Waals surface area contributed by atoms with Crippen LogP contribution in [0.25, 0.3) is 0 Å². The van der Waals surface area contributed by atoms with Crippen LogP contribution in [0.2, 0.25) is 0 Å². The smallest absolute Gasteiger partial charge is 0.250 e. The predicted molar refractivity (Wildman–Crippen MR) is 82.5 cm³/mol. The highest BCUT2D eigenvalue weighted by atomic mass is 32.2. The highest BCUT2D eigenvalue weighted by molar-refractivity contribution is 7.91. The number of rotatable bonds is 8. The minimum absolute atomic E-state index is 0.237. The Morgan fingerprint density at radius 3 is 2.85 bits per heavy atom. The second kappa shape index (κ2) is 7.28. The fourth-order valence-corrected chi connectivity index (χ4v) is 4.45. The maximum Gasteiger partial charge on any atom is 0.250 e. The SMILES string of the molecule is CCCNCc1csc(S(=O)(=O)NCc2nccs2)c1. The van der Waals surface area contributed by atoms with Crippen LogP contribution in [0.5, 0.6) is 0 Å². The molecule has 0 bridgehead atoms. The van der Waals surface area contributed by atoms with Crippen LogP contribution in [0.1, 0.15) is 23.9 Å². The molecule has 0 aliphatic rings. The Morgan fingerprint density at radius 2 is 2.15 bits per heavy atom. The molecule has 8 heteroatoms. The molecular weight excluding hydrogens is 314 g/mol. The van der Waals surface area contributed by atoms with Crippen molar-refractivity contribution in [2.75, 3.05) is 6.54 Å². The molecule has 2 N–H and O–H groups in total. The molecule has 0 aromatic carbocycles. The fraction of sp³-hybridized carbons (Fsp3) is 0.417. The zero-order chi connectivity index (χ0) is 14.4. The Balaban J connectivity index is 1.95. The third kappa shape index (κ3) is 4.35. The number of hydrogen-bond donors (Lipinski definition) is 2. The van der Waals surface area contributed by atoms with Gasteiger partial charge in [-0.1, -0.05) is 6.92 Å². The van der Waals surface area contributed by atoms with Crippen LogP contribution in [0.3, 0.4) is 0 Å². The summed E-state index contributed by atoms with van der Waals surface area (Å²) in [5, 5.41) is 7.71. The molecule has 0 saturated carbocycles. The molecule has 20 heavy (non-hydrogen) atoms. The summed E-state index contributed by atoms with van der Waals surface area (Å²) >= 11 is 2.68. The van der Waals surface area contributed by atoms with E-state index in [1.165, 1.54) is 22.7 Å². The monoisotopic (exact) mass is 331 g/mol. The van der Waals surface area contributed by atoms with E-state index in [0.717, 1.165) is 23.5 Å². The van der Waals surface area contributed by atoms with Crippen molar-refractivity contribution in [2.45, 2.75) is 30.6 Å². The lowest BCUT2D eigenvalue weighted by molar-refractivity contribution is 0.583. The van der Waals surface area contributed by atoms with Crippen molar-refractivity contribution < 1.29 is 8.42 Å². The minimum atomic E-state index is -3.44. The molecule has 5 nitrogen and oxygen atoms in total. The lowest BCUT2D eigenvalue weighted by Crippen LogP contribution is -2.22. The molecule has 0 saturated heterocycles. The summed E-state index contributed by atoms with van der Waals surface area (Å²) in [4.78, 5) is 4.05. The Labute approximate surface area is 127 Å². The lowest BCUT2D eigenvalue weighted by Gasteiger charge is -2.02. The molecular formula is C12H17N3O2S3. The molecule has 2 aromatic rings. The molecule has 0 spiro atoms. The zero-order valence-electron chi connectivity index (χ0n) is 11.1. The quantitative estimate of drug-likeness (QED) is 0.727. The number of sulfonamides is 1. The van der Waals surface area contributed by atoms with Gasteiger partial charge in [-0.15, -0.1) is 22.7 Å². The van der Waals surface area contributed by atoms with Gasteiger partial charge in [0.25, 0.3) is 0 Å². The number of thiophene rings is 1. The lowest BCUT2D eigenvalue weighted by atomic mass is 10.3. The van der Waals surface area contributed by atoms with Crippen molar-refractivity contribution in [2.24, 2.45) is 0 Å². The van der Waals surface area contributed by atoms with Gasteiger partial charge in [0.1, 0.15) is 9.22 Å². The Bertz CT molecular complexity index is 620. The van der Waals surface area contributed by atoms with Gasteiger partial charge in [-0.25, -0.2) is 18.1 Å². The molecule has 0 fully saturated rings. The summed E-state index contributed by atoms with van der Waals surface area (Å²) in [5.74, 6) is 0. The van der Waals surface area contributed by atoms with Gasteiger partial charge in [-0.05, 0) is 30.0 Å². The van der Waals surface area contributed by atoms with Crippen LogP contribution in [0, 0.1) is 0 Å². The van der Waals surface area contributed by atoms with Crippen molar-refractivity contribution in [1.29, 1.82) is 0 Å². The normalized spacial score (nSPS) is 11.8. The molecule has 2 rings (SSSR count). The molecule has 0 radical (unpaired) electrons. The maximum absolute atomic E-state index is 12.1. The maximum atomic E-state index is 12.1. The van der Waals surface area contributed by atoms with Gasteiger partial charge in [0.15, 0.2) is 0 Å². The number of hydrogen-bond acceptors (Lipinski definition) is 6. The van der Waals surface area contributed by atoms with Crippen molar-refractivity contribution in [1.82, 2.24) is 15.0 Å². The second-order valence-electron chi connectivity index (χ2n) is 4.20. The van der Waals surface area contributed by atoms with Crippen molar-refractivity contribution >= 4 is 32.7 Å². The second-order valence-corrected chi connectivity index (χ2v) is 8.09. The van der Waals surface area contributed by atoms with Gasteiger partial charge in [0.05, 0.1) is 6.54 Å². The zero-order valence-corrected chi connectivity index (χ0v) is 13.6. The van der Waals surface area contributed by atoms with Crippen molar-refractivity contribution in [3.63, 3.8) is 0 Å². The van der Waals surface area contributed by atoms with Gasteiger partial charge >= 0.3 is 0 Å². The van der Waals surface area contributed by atoms with E-state index < -0.39 is 10.0 Å². The molecule has 2 aromatic heterocycles. The molecule has 0 amide bonds. The molecule has 2 heterocycles. The first kappa shape index (κ1) is 15.6. The van der Waals surface area contributed by atoms with Crippen LogP contribution in [-0.4, -0.2) is 19.9 Å². The summed E-state index contributed by atoms with van der Waals surface area (Å²) in [6.45, 7) is 3.97. The number of thiazole rings is 1. The molecule has 0 aliphatic carbocycles. The van der Waals surface area contributed by atoms with E-state index in [0.29, 0.717) is 10.8 Å². The van der Waals surface area contributed by atoms with Gasteiger partial charge in [0, 0.05) is 18.1 Å². The Morgan fingerprint density at radius 1 is 1.30 bits per heavy atom. The number of aromatic nitrogens is 1. The topological polar surface area (TPSA) is 71.1 Å². The first-order chi connectivity index (χ1) is 9.62. The van der Waals surface area contributed by atoms with E-state index in [4.69, 9.17) is 0 Å². The first-order valence-corrected chi connectivity index (χ1v) is 9.52. The Kier molecular flexibility index (Phi) is 5.67. The summed E-state index contributed by atoms with van der Waals surface area (Å²) in [6.07, 6.45) is 2.72. The molecule has 0 unspecified atom stereocenters. The first-order valence-electron chi connectivity index (χ1n) is 6.28. The molecule has 0 atom stereocenters. The van der Waals surface area contributed by atoms with E-state index in [2.05, 4.69) is 21.9 Å². The molecule has 110 valence electrons. The van der Waals surface area contributed by atoms with Crippen molar-refractivity contribution in [3.8, 4) is 0 Å². The van der Waals surface area contributed by atoms with Gasteiger partial charge < -0.3 is 5.32 Å². The summed E-state index contributed by atoms with van der Waals surface area (Å²) in [5.41, 5.74) is 0.998. The van der Waals surface area contributed by atoms with E-state index in [9.17, 15) is 8.42 Å². The van der Waals surface area contributed by atoms with Crippen molar-refractivity contribution in [3.05, 3.63) is 33.6 Å². The van der Waals surface area contributed by atoms with Crippen LogP contribution >= 0.6 is 22.7 Å². The van der Waals surface area contributed by atoms with Crippen LogP contribution in [0.4, 0.5) is 0 Å². The van der Waals surface area contributed by atoms with Gasteiger partial charge in [0.2, 0.25) is 10.0 Å². The Hall–Kier alpha value is -0.800. The van der Waals surface area contributed by atoms with E-state index in [1.807, 2.05) is 10.8 Å². The average Bonchev–Trinajstić information content (AvgIpc) is 3.08. The average molecular weight is 331 g/mol. The minimum Gasteiger partial charge on any atom is -0.313 e. The van der Waals surface area contributed by atoms with Gasteiger partial charge in [-0.2, -0.15) is 0 Å². The standard InChI is InChI=1S/C12H17N3O2S3/c1-2-3-13-7-10-6-12(19-9-10)20(16,17)15-8-11-14-4-5-18-11/h4-6,9,13,15H,2-3,7-8H2,1H3. The highest BCUT2D eigenvalue weighted by Crippen LogP contribution is 2.20.